The fourth-order valence-corrected chi connectivity index (χ4v) is 1.73. The molecule has 0 aliphatic heterocycles. The van der Waals surface area contributed by atoms with Gasteiger partial charge in [-0.15, -0.1) is 0 Å². The maximum absolute atomic E-state index is 11.5. The van der Waals surface area contributed by atoms with Crippen LogP contribution in [-0.4, -0.2) is 19.6 Å². The summed E-state index contributed by atoms with van der Waals surface area (Å²) in [5.41, 5.74) is 7.15. The summed E-state index contributed by atoms with van der Waals surface area (Å²) in [5, 5.41) is 2.83. The average Bonchev–Trinajstić information content (AvgIpc) is 2.28. The second kappa shape index (κ2) is 5.87. The first-order valence-electron chi connectivity index (χ1n) is 6.07. The Morgan fingerprint density at radius 3 is 2.56 bits per heavy atom. The largest absolute Gasteiger partial charge is 0.496 e. The lowest BCUT2D eigenvalue weighted by molar-refractivity contribution is -0.116. The molecule has 0 bridgehead atoms. The SMILES string of the molecule is COc1ccc(NC(=O)CCN)cc1C(C)(C)C. The lowest BCUT2D eigenvalue weighted by Gasteiger charge is -2.23. The normalized spacial score (nSPS) is 11.2. The first-order valence-corrected chi connectivity index (χ1v) is 6.07. The van der Waals surface area contributed by atoms with Crippen LogP contribution in [0.2, 0.25) is 0 Å². The Morgan fingerprint density at radius 2 is 2.06 bits per heavy atom. The van der Waals surface area contributed by atoms with Crippen molar-refractivity contribution in [2.75, 3.05) is 19.0 Å². The molecule has 1 aromatic carbocycles. The predicted molar refractivity (Wildman–Crippen MR) is 74.0 cm³/mol. The number of rotatable bonds is 4. The molecule has 1 amide bonds. The Balaban J connectivity index is 3.00. The molecule has 4 nitrogen and oxygen atoms in total. The average molecular weight is 250 g/mol. The van der Waals surface area contributed by atoms with Gasteiger partial charge < -0.3 is 15.8 Å². The minimum Gasteiger partial charge on any atom is -0.496 e. The van der Waals surface area contributed by atoms with E-state index in [9.17, 15) is 4.79 Å². The highest BCUT2D eigenvalue weighted by atomic mass is 16.5. The summed E-state index contributed by atoms with van der Waals surface area (Å²) in [4.78, 5) is 11.5. The highest BCUT2D eigenvalue weighted by Gasteiger charge is 2.19. The number of nitrogens with two attached hydrogens (primary N) is 1. The third kappa shape index (κ3) is 3.74. The topological polar surface area (TPSA) is 64.3 Å². The Kier molecular flexibility index (Phi) is 4.73. The fraction of sp³-hybridized carbons (Fsp3) is 0.500. The van der Waals surface area contributed by atoms with E-state index < -0.39 is 0 Å². The van der Waals surface area contributed by atoms with E-state index in [2.05, 4.69) is 26.1 Å². The standard InChI is InChI=1S/C14H22N2O2/c1-14(2,3)11-9-10(5-6-12(11)18-4)16-13(17)7-8-15/h5-6,9H,7-8,15H2,1-4H3,(H,16,17). The number of anilines is 1. The summed E-state index contributed by atoms with van der Waals surface area (Å²) in [6, 6.07) is 5.66. The molecule has 0 atom stereocenters. The van der Waals surface area contributed by atoms with Gasteiger partial charge in [-0.3, -0.25) is 4.79 Å². The highest BCUT2D eigenvalue weighted by Crippen LogP contribution is 2.33. The zero-order valence-corrected chi connectivity index (χ0v) is 11.5. The maximum Gasteiger partial charge on any atom is 0.225 e. The van der Waals surface area contributed by atoms with Crippen LogP contribution < -0.4 is 15.8 Å². The summed E-state index contributed by atoms with van der Waals surface area (Å²) in [6.07, 6.45) is 0.330. The number of amides is 1. The molecule has 0 aromatic heterocycles. The van der Waals surface area contributed by atoms with E-state index in [0.717, 1.165) is 17.0 Å². The van der Waals surface area contributed by atoms with Gasteiger partial charge in [0, 0.05) is 24.2 Å². The van der Waals surface area contributed by atoms with Gasteiger partial charge in [-0.1, -0.05) is 20.8 Å². The Morgan fingerprint density at radius 1 is 1.39 bits per heavy atom. The third-order valence-electron chi connectivity index (χ3n) is 2.66. The van der Waals surface area contributed by atoms with Crippen molar-refractivity contribution in [3.05, 3.63) is 23.8 Å². The van der Waals surface area contributed by atoms with Crippen molar-refractivity contribution in [1.82, 2.24) is 0 Å². The van der Waals surface area contributed by atoms with Crippen LogP contribution in [0.4, 0.5) is 5.69 Å². The van der Waals surface area contributed by atoms with Gasteiger partial charge in [-0.25, -0.2) is 0 Å². The van der Waals surface area contributed by atoms with Crippen LogP contribution in [0.5, 0.6) is 5.75 Å². The predicted octanol–water partition coefficient (Wildman–Crippen LogP) is 2.28. The number of hydrogen-bond donors (Lipinski definition) is 2. The molecular weight excluding hydrogens is 228 g/mol. The molecular formula is C14H22N2O2. The fourth-order valence-electron chi connectivity index (χ4n) is 1.73. The summed E-state index contributed by atoms with van der Waals surface area (Å²) in [5.74, 6) is 0.766. The number of ether oxygens (including phenoxy) is 1. The van der Waals surface area contributed by atoms with Crippen molar-refractivity contribution < 1.29 is 9.53 Å². The van der Waals surface area contributed by atoms with Crippen LogP contribution in [-0.2, 0) is 10.2 Å². The van der Waals surface area contributed by atoms with E-state index >= 15 is 0 Å². The molecule has 3 N–H and O–H groups in total. The maximum atomic E-state index is 11.5. The minimum atomic E-state index is -0.0671. The van der Waals surface area contributed by atoms with Gasteiger partial charge in [0.2, 0.25) is 5.91 Å². The van der Waals surface area contributed by atoms with Crippen molar-refractivity contribution in [2.45, 2.75) is 32.6 Å². The molecule has 1 aromatic rings. The lowest BCUT2D eigenvalue weighted by Crippen LogP contribution is -2.17. The molecule has 18 heavy (non-hydrogen) atoms. The van der Waals surface area contributed by atoms with Gasteiger partial charge in [-0.05, 0) is 23.6 Å². The molecule has 0 saturated carbocycles. The summed E-state index contributed by atoms with van der Waals surface area (Å²) < 4.78 is 5.35. The molecule has 1 rings (SSSR count). The molecule has 4 heteroatoms. The molecule has 100 valence electrons. The van der Waals surface area contributed by atoms with Crippen molar-refractivity contribution in [3.8, 4) is 5.75 Å². The zero-order chi connectivity index (χ0) is 13.8. The second-order valence-electron chi connectivity index (χ2n) is 5.25. The van der Waals surface area contributed by atoms with E-state index in [4.69, 9.17) is 10.5 Å². The summed E-state index contributed by atoms with van der Waals surface area (Å²) >= 11 is 0. The smallest absolute Gasteiger partial charge is 0.225 e. The van der Waals surface area contributed by atoms with Crippen LogP contribution in [0.15, 0.2) is 18.2 Å². The number of hydrogen-bond acceptors (Lipinski definition) is 3. The van der Waals surface area contributed by atoms with Crippen molar-refractivity contribution in [2.24, 2.45) is 5.73 Å². The van der Waals surface area contributed by atoms with Crippen LogP contribution in [0, 0.1) is 0 Å². The van der Waals surface area contributed by atoms with Crippen molar-refractivity contribution in [3.63, 3.8) is 0 Å². The monoisotopic (exact) mass is 250 g/mol. The van der Waals surface area contributed by atoms with E-state index in [1.807, 2.05) is 18.2 Å². The van der Waals surface area contributed by atoms with Crippen LogP contribution in [0.25, 0.3) is 0 Å². The first-order chi connectivity index (χ1) is 8.38. The number of benzene rings is 1. The minimum absolute atomic E-state index is 0.0417. The number of carbonyl (C=O) groups excluding carboxylic acids is 1. The number of nitrogens with one attached hydrogen (secondary N) is 1. The third-order valence-corrected chi connectivity index (χ3v) is 2.66. The summed E-state index contributed by atoms with van der Waals surface area (Å²) in [7, 11) is 1.65. The molecule has 0 aliphatic carbocycles. The molecule has 0 aliphatic rings. The Hall–Kier alpha value is -1.55. The van der Waals surface area contributed by atoms with Crippen LogP contribution in [0.3, 0.4) is 0 Å². The van der Waals surface area contributed by atoms with E-state index in [-0.39, 0.29) is 11.3 Å². The van der Waals surface area contributed by atoms with E-state index in [1.54, 1.807) is 7.11 Å². The van der Waals surface area contributed by atoms with Crippen LogP contribution in [0.1, 0.15) is 32.8 Å². The molecule has 0 saturated heterocycles. The highest BCUT2D eigenvalue weighted by molar-refractivity contribution is 5.91. The van der Waals surface area contributed by atoms with Crippen molar-refractivity contribution in [1.29, 1.82) is 0 Å². The number of methoxy groups -OCH3 is 1. The first kappa shape index (κ1) is 14.5. The molecule has 0 heterocycles. The molecule has 0 fully saturated rings. The molecule has 0 spiro atoms. The van der Waals surface area contributed by atoms with Crippen molar-refractivity contribution >= 4 is 11.6 Å². The lowest BCUT2D eigenvalue weighted by atomic mass is 9.86. The zero-order valence-electron chi connectivity index (χ0n) is 11.5. The molecule has 0 unspecified atom stereocenters. The Labute approximate surface area is 109 Å². The van der Waals surface area contributed by atoms with Gasteiger partial charge >= 0.3 is 0 Å². The summed E-state index contributed by atoms with van der Waals surface area (Å²) in [6.45, 7) is 6.68. The van der Waals surface area contributed by atoms with E-state index in [0.29, 0.717) is 13.0 Å². The number of carbonyl (C=O) groups is 1. The van der Waals surface area contributed by atoms with Gasteiger partial charge in [0.15, 0.2) is 0 Å². The Bertz CT molecular complexity index is 422. The van der Waals surface area contributed by atoms with E-state index in [1.165, 1.54) is 0 Å². The second-order valence-corrected chi connectivity index (χ2v) is 5.25. The van der Waals surface area contributed by atoms with Gasteiger partial charge in [0.25, 0.3) is 0 Å². The van der Waals surface area contributed by atoms with Crippen LogP contribution >= 0.6 is 0 Å². The quantitative estimate of drug-likeness (QED) is 0.861. The van der Waals surface area contributed by atoms with Gasteiger partial charge in [0.1, 0.15) is 5.75 Å². The molecule has 0 radical (unpaired) electrons. The van der Waals surface area contributed by atoms with Gasteiger partial charge in [0.05, 0.1) is 7.11 Å². The van der Waals surface area contributed by atoms with Gasteiger partial charge in [-0.2, -0.15) is 0 Å².